The molecule has 2 heterocycles. The van der Waals surface area contributed by atoms with Crippen molar-refractivity contribution in [3.63, 3.8) is 0 Å². The highest BCUT2D eigenvalue weighted by atomic mass is 35.5. The highest BCUT2D eigenvalue weighted by molar-refractivity contribution is 7.91. The molecule has 1 saturated heterocycles. The first-order valence-electron chi connectivity index (χ1n) is 17.2. The molecule has 1 aliphatic heterocycles. The van der Waals surface area contributed by atoms with E-state index in [2.05, 4.69) is 26.9 Å². The molecule has 53 heavy (non-hydrogen) atoms. The number of likely N-dealkylation sites (tertiary alicyclic amines) is 1. The molecule has 14 nitrogen and oxygen atoms in total. The minimum absolute atomic E-state index is 0.0222. The van der Waals surface area contributed by atoms with Gasteiger partial charge in [0, 0.05) is 39.4 Å². The van der Waals surface area contributed by atoms with Crippen molar-refractivity contribution in [2.75, 3.05) is 19.0 Å². The second-order valence-corrected chi connectivity index (χ2v) is 17.3. The Bertz CT molecular complexity index is 2080. The number of nitrogens with two attached hydrogens (primary N) is 1. The molecule has 0 bridgehead atoms. The van der Waals surface area contributed by atoms with E-state index >= 15 is 0 Å². The molecule has 0 radical (unpaired) electrons. The fourth-order valence-corrected chi connectivity index (χ4v) is 8.22. The number of hydrogen-bond acceptors (Lipinski definition) is 10. The summed E-state index contributed by atoms with van der Waals surface area (Å²) >= 11 is 6.34. The lowest BCUT2D eigenvalue weighted by molar-refractivity contribution is -0.141. The molecule has 282 valence electrons. The van der Waals surface area contributed by atoms with Crippen molar-refractivity contribution < 1.29 is 37.1 Å². The van der Waals surface area contributed by atoms with Gasteiger partial charge in [0.2, 0.25) is 33.6 Å². The summed E-state index contributed by atoms with van der Waals surface area (Å²) in [6.07, 6.45) is 3.35. The van der Waals surface area contributed by atoms with E-state index in [0.29, 0.717) is 45.6 Å². The first kappa shape index (κ1) is 37.9. The number of sulfonamides is 1. The Labute approximate surface area is 312 Å². The number of amides is 4. The largest absolute Gasteiger partial charge is 0.494 e. The van der Waals surface area contributed by atoms with Crippen LogP contribution >= 0.6 is 11.6 Å². The van der Waals surface area contributed by atoms with E-state index in [4.69, 9.17) is 26.8 Å². The van der Waals surface area contributed by atoms with Crippen molar-refractivity contribution in [2.24, 2.45) is 17.1 Å². The predicted molar refractivity (Wildman–Crippen MR) is 199 cm³/mol. The number of aromatic nitrogens is 1. The Balaban J connectivity index is 1.32. The second kappa shape index (κ2) is 14.2. The highest BCUT2D eigenvalue weighted by Crippen LogP contribution is 2.46. The van der Waals surface area contributed by atoms with Gasteiger partial charge in [-0.25, -0.2) is 13.4 Å². The molecule has 16 heteroatoms. The summed E-state index contributed by atoms with van der Waals surface area (Å²) in [6.45, 7) is 9.36. The fraction of sp³-hybridized carbons (Fsp3) is 0.432. The van der Waals surface area contributed by atoms with Gasteiger partial charge >= 0.3 is 0 Å². The fourth-order valence-electron chi connectivity index (χ4n) is 6.69. The second-order valence-electron chi connectivity index (χ2n) is 14.9. The van der Waals surface area contributed by atoms with Crippen LogP contribution in [0.2, 0.25) is 5.02 Å². The molecule has 3 aromatic rings. The van der Waals surface area contributed by atoms with Gasteiger partial charge in [0.25, 0.3) is 5.91 Å². The van der Waals surface area contributed by atoms with E-state index in [9.17, 15) is 27.6 Å². The smallest absolute Gasteiger partial charge is 0.259 e. The average molecular weight is 767 g/mol. The minimum atomic E-state index is -3.90. The lowest BCUT2D eigenvalue weighted by atomic mass is 9.85. The van der Waals surface area contributed by atoms with Gasteiger partial charge in [0.05, 0.1) is 25.1 Å². The lowest BCUT2D eigenvalue weighted by Crippen LogP contribution is -2.58. The third-order valence-corrected chi connectivity index (χ3v) is 12.0. The number of ether oxygens (including phenoxy) is 2. The van der Waals surface area contributed by atoms with Crippen LogP contribution in [0, 0.1) is 11.3 Å². The molecule has 0 unspecified atom stereocenters. The van der Waals surface area contributed by atoms with Gasteiger partial charge in [-0.3, -0.25) is 23.9 Å². The number of primary amides is 1. The van der Waals surface area contributed by atoms with E-state index in [-0.39, 0.29) is 25.3 Å². The van der Waals surface area contributed by atoms with Crippen LogP contribution in [0.5, 0.6) is 11.6 Å². The number of halogens is 1. The maximum absolute atomic E-state index is 14.7. The summed E-state index contributed by atoms with van der Waals surface area (Å²) < 4.78 is 39.5. The molecular formula is C37H43ClN6O8S. The molecule has 1 aromatic heterocycles. The number of carbonyl (C=O) groups excluding carboxylic acids is 4. The maximum atomic E-state index is 14.7. The molecule has 2 aromatic carbocycles. The number of benzene rings is 2. The number of nitrogens with zero attached hydrogens (tertiary/aromatic N) is 2. The normalized spacial score (nSPS) is 23.1. The summed E-state index contributed by atoms with van der Waals surface area (Å²) in [5, 5.41) is 7.13. The van der Waals surface area contributed by atoms with E-state index < -0.39 is 74.0 Å². The molecule has 3 fully saturated rings. The average Bonchev–Trinajstić information content (AvgIpc) is 4.03. The maximum Gasteiger partial charge on any atom is 0.259 e. The molecule has 5 atom stereocenters. The van der Waals surface area contributed by atoms with Crippen molar-refractivity contribution in [3.8, 4) is 11.6 Å². The molecule has 2 saturated carbocycles. The molecule has 5 N–H and O–H groups in total. The topological polar surface area (TPSA) is 199 Å². The number of carbonyl (C=O) groups is 4. The van der Waals surface area contributed by atoms with Crippen molar-refractivity contribution in [2.45, 2.75) is 75.4 Å². The summed E-state index contributed by atoms with van der Waals surface area (Å²) in [4.78, 5) is 60.0. The number of hydrogen-bond donors (Lipinski definition) is 4. The Morgan fingerprint density at radius 3 is 2.40 bits per heavy atom. The first-order valence-corrected chi connectivity index (χ1v) is 19.2. The predicted octanol–water partition coefficient (Wildman–Crippen LogP) is 3.54. The quantitative estimate of drug-likeness (QED) is 0.187. The number of pyridine rings is 1. The lowest BCUT2D eigenvalue weighted by Gasteiger charge is -2.36. The molecule has 6 rings (SSSR count). The van der Waals surface area contributed by atoms with Crippen LogP contribution < -0.4 is 30.6 Å². The Hall–Kier alpha value is -4.89. The Morgan fingerprint density at radius 2 is 1.81 bits per heavy atom. The van der Waals surface area contributed by atoms with E-state index in [1.54, 1.807) is 42.5 Å². The summed E-state index contributed by atoms with van der Waals surface area (Å²) in [7, 11) is -2.38. The zero-order chi connectivity index (χ0) is 38.5. The van der Waals surface area contributed by atoms with Gasteiger partial charge < -0.3 is 30.7 Å². The summed E-state index contributed by atoms with van der Waals surface area (Å²) in [5.41, 5.74) is 4.01. The van der Waals surface area contributed by atoms with Gasteiger partial charge in [-0.15, -0.1) is 6.58 Å². The van der Waals surface area contributed by atoms with Gasteiger partial charge in [-0.1, -0.05) is 38.4 Å². The van der Waals surface area contributed by atoms with Gasteiger partial charge in [0.15, 0.2) is 0 Å². The third-order valence-electron chi connectivity index (χ3n) is 9.97. The standard InChI is InChI=1S/C37H43ClN6O8S/c1-6-21-17-37(21,35(48)43-53(49,50)25-12-13-25)42-32(46)28-16-24(52-33-27-15-22(38)9-14-26(27)29(51-5)18-40-33)19-44(28)34(47)30(36(2,3)4)41-23-10-7-20(8-11-23)31(39)45/h6-11,14-15,18,21,24-25,28,30,41H,1,12-13,16-17,19H2,2-5H3,(H2,39,45)(H,42,46)(H,43,48)/t21-,24-,28+,30-,37-/m1/s1. The van der Waals surface area contributed by atoms with Gasteiger partial charge in [0.1, 0.15) is 29.5 Å². The monoisotopic (exact) mass is 766 g/mol. The van der Waals surface area contributed by atoms with Crippen molar-refractivity contribution in [3.05, 3.63) is 71.9 Å². The third kappa shape index (κ3) is 7.77. The van der Waals surface area contributed by atoms with E-state index in [0.717, 1.165) is 0 Å². The molecular weight excluding hydrogens is 724 g/mol. The molecule has 3 aliphatic rings. The van der Waals surface area contributed by atoms with Crippen LogP contribution in [-0.2, 0) is 24.4 Å². The van der Waals surface area contributed by atoms with Gasteiger partial charge in [-0.05, 0) is 67.1 Å². The SMILES string of the molecule is C=C[C@@H]1C[C@]1(NC(=O)[C@@H]1C[C@@H](Oc2ncc(OC)c3ccc(Cl)cc23)CN1C(=O)[C@@H](Nc1ccc(C(N)=O)cc1)C(C)(C)C)C(=O)NS(=O)(=O)C1CC1. The summed E-state index contributed by atoms with van der Waals surface area (Å²) in [5.74, 6) is -2.32. The minimum Gasteiger partial charge on any atom is -0.494 e. The van der Waals surface area contributed by atoms with E-state index in [1.165, 1.54) is 24.3 Å². The number of anilines is 1. The van der Waals surface area contributed by atoms with Crippen LogP contribution in [0.1, 0.15) is 56.8 Å². The highest BCUT2D eigenvalue weighted by Gasteiger charge is 2.62. The zero-order valence-electron chi connectivity index (χ0n) is 29.8. The Kier molecular flexibility index (Phi) is 10.1. The van der Waals surface area contributed by atoms with Crippen LogP contribution in [0.15, 0.2) is 61.3 Å². The van der Waals surface area contributed by atoms with Crippen LogP contribution in [0.25, 0.3) is 10.8 Å². The van der Waals surface area contributed by atoms with Crippen LogP contribution in [-0.4, -0.2) is 84.6 Å². The molecule has 2 aliphatic carbocycles. The number of nitrogens with one attached hydrogen (secondary N) is 3. The zero-order valence-corrected chi connectivity index (χ0v) is 31.4. The van der Waals surface area contributed by atoms with Crippen molar-refractivity contribution in [1.82, 2.24) is 19.9 Å². The van der Waals surface area contributed by atoms with Crippen LogP contribution in [0.4, 0.5) is 5.69 Å². The van der Waals surface area contributed by atoms with Crippen molar-refractivity contribution in [1.29, 1.82) is 0 Å². The number of rotatable bonds is 13. The van der Waals surface area contributed by atoms with Crippen LogP contribution in [0.3, 0.4) is 0 Å². The molecule has 0 spiro atoms. The van der Waals surface area contributed by atoms with E-state index in [1.807, 2.05) is 20.8 Å². The van der Waals surface area contributed by atoms with Gasteiger partial charge in [-0.2, -0.15) is 0 Å². The number of fused-ring (bicyclic) bond motifs is 1. The van der Waals surface area contributed by atoms with Crippen molar-refractivity contribution >= 4 is 61.7 Å². The summed E-state index contributed by atoms with van der Waals surface area (Å²) in [6, 6.07) is 9.54. The molecule has 4 amide bonds. The first-order chi connectivity index (χ1) is 25.0. The number of methoxy groups -OCH3 is 1. The Morgan fingerprint density at radius 1 is 1.11 bits per heavy atom.